The lowest BCUT2D eigenvalue weighted by Crippen LogP contribution is -2.26. The highest BCUT2D eigenvalue weighted by Gasteiger charge is 2.54. The number of rotatable bonds is 2. The van der Waals surface area contributed by atoms with Gasteiger partial charge in [0.2, 0.25) is 0 Å². The molecular weight excluding hydrogens is 323 g/mol. The van der Waals surface area contributed by atoms with Gasteiger partial charge in [-0.2, -0.15) is 13.2 Å². The molecule has 2 rings (SSSR count). The number of hydrogen-bond donors (Lipinski definition) is 2. The van der Waals surface area contributed by atoms with Gasteiger partial charge in [-0.05, 0) is 17.2 Å². The highest BCUT2D eigenvalue weighted by atomic mass is 32.2. The number of benzene rings is 1. The molecule has 0 radical (unpaired) electrons. The van der Waals surface area contributed by atoms with Crippen molar-refractivity contribution in [3.8, 4) is 0 Å². The van der Waals surface area contributed by atoms with Crippen molar-refractivity contribution in [2.75, 3.05) is 0 Å². The molecule has 118 valence electrons. The van der Waals surface area contributed by atoms with E-state index in [9.17, 15) is 35.5 Å². The molecule has 0 unspecified atom stereocenters. The molecule has 1 aliphatic carbocycles. The number of aliphatic hydroxyl groups excluding tert-OH is 2. The summed E-state index contributed by atoms with van der Waals surface area (Å²) in [5.74, 6) is -3.80. The number of aliphatic hydroxyl groups is 2. The summed E-state index contributed by atoms with van der Waals surface area (Å²) in [6.45, 7) is -0.766. The van der Waals surface area contributed by atoms with Crippen LogP contribution in [0.5, 0.6) is 0 Å². The molecule has 10 heteroatoms. The molecule has 0 fully saturated rings. The molecular formula is C11H9F5O4S. The smallest absolute Gasteiger partial charge is 0.392 e. The van der Waals surface area contributed by atoms with Crippen LogP contribution in [-0.2, 0) is 22.9 Å². The van der Waals surface area contributed by atoms with Crippen LogP contribution < -0.4 is 0 Å². The number of halogens is 5. The topological polar surface area (TPSA) is 74.6 Å². The second-order valence-electron chi connectivity index (χ2n) is 4.56. The standard InChI is InChI=1S/C11H9F5O4S/c12-10(13)3-6-5(4-17)1-2-7(8(6)9(10)18)21(19,20)11(14,15)16/h1-2,9,17-18H,3-4H2/t9-/m0/s1. The summed E-state index contributed by atoms with van der Waals surface area (Å²) in [4.78, 5) is -1.41. The molecule has 1 aromatic rings. The van der Waals surface area contributed by atoms with E-state index >= 15 is 0 Å². The van der Waals surface area contributed by atoms with E-state index in [1.807, 2.05) is 0 Å². The van der Waals surface area contributed by atoms with Crippen molar-refractivity contribution in [3.63, 3.8) is 0 Å². The largest absolute Gasteiger partial charge is 0.501 e. The van der Waals surface area contributed by atoms with E-state index < -0.39 is 56.4 Å². The Hall–Kier alpha value is -1.26. The highest BCUT2D eigenvalue weighted by Crippen LogP contribution is 2.48. The molecule has 0 heterocycles. The van der Waals surface area contributed by atoms with E-state index in [4.69, 9.17) is 5.11 Å². The van der Waals surface area contributed by atoms with Gasteiger partial charge in [0.05, 0.1) is 11.5 Å². The van der Waals surface area contributed by atoms with Crippen molar-refractivity contribution in [3.05, 3.63) is 28.8 Å². The summed E-state index contributed by atoms with van der Waals surface area (Å²) in [6.07, 6.45) is -3.81. The van der Waals surface area contributed by atoms with Crippen LogP contribution in [0.2, 0.25) is 0 Å². The summed E-state index contributed by atoms with van der Waals surface area (Å²) in [5, 5.41) is 18.5. The third-order valence-electron chi connectivity index (χ3n) is 3.26. The molecule has 0 aromatic heterocycles. The van der Waals surface area contributed by atoms with Crippen molar-refractivity contribution in [2.24, 2.45) is 0 Å². The maximum atomic E-state index is 13.5. The first-order valence-corrected chi connectivity index (χ1v) is 7.04. The quantitative estimate of drug-likeness (QED) is 0.809. The van der Waals surface area contributed by atoms with E-state index in [-0.39, 0.29) is 5.56 Å². The first-order chi connectivity index (χ1) is 9.43. The van der Waals surface area contributed by atoms with Crippen LogP contribution in [0.1, 0.15) is 22.8 Å². The van der Waals surface area contributed by atoms with Crippen molar-refractivity contribution < 1.29 is 40.6 Å². The van der Waals surface area contributed by atoms with E-state index in [1.54, 1.807) is 0 Å². The van der Waals surface area contributed by atoms with Gasteiger partial charge in [-0.1, -0.05) is 6.07 Å². The molecule has 0 bridgehead atoms. The summed E-state index contributed by atoms with van der Waals surface area (Å²) < 4.78 is 87.6. The highest BCUT2D eigenvalue weighted by molar-refractivity contribution is 7.92. The molecule has 0 saturated carbocycles. The Morgan fingerprint density at radius 3 is 2.33 bits per heavy atom. The molecule has 1 atom stereocenters. The minimum absolute atomic E-state index is 0.151. The predicted molar refractivity (Wildman–Crippen MR) is 59.2 cm³/mol. The Balaban J connectivity index is 2.78. The molecule has 1 aliphatic rings. The van der Waals surface area contributed by atoms with Crippen LogP contribution in [-0.4, -0.2) is 30.1 Å². The average Bonchev–Trinajstić information content (AvgIpc) is 2.58. The molecule has 4 nitrogen and oxygen atoms in total. The van der Waals surface area contributed by atoms with Crippen LogP contribution in [0.25, 0.3) is 0 Å². The fraction of sp³-hybridized carbons (Fsp3) is 0.455. The molecule has 21 heavy (non-hydrogen) atoms. The Morgan fingerprint density at radius 2 is 1.86 bits per heavy atom. The second kappa shape index (κ2) is 4.62. The molecule has 0 aliphatic heterocycles. The van der Waals surface area contributed by atoms with E-state index in [2.05, 4.69) is 0 Å². The van der Waals surface area contributed by atoms with Crippen LogP contribution >= 0.6 is 0 Å². The molecule has 0 saturated heterocycles. The van der Waals surface area contributed by atoms with Gasteiger partial charge in [0.25, 0.3) is 15.8 Å². The number of sulfone groups is 1. The number of hydrogen-bond acceptors (Lipinski definition) is 4. The van der Waals surface area contributed by atoms with Gasteiger partial charge in [0.1, 0.15) is 6.10 Å². The van der Waals surface area contributed by atoms with E-state index in [0.717, 1.165) is 6.07 Å². The molecule has 1 aromatic carbocycles. The minimum Gasteiger partial charge on any atom is -0.392 e. The lowest BCUT2D eigenvalue weighted by Gasteiger charge is -2.17. The molecule has 0 amide bonds. The zero-order valence-corrected chi connectivity index (χ0v) is 11.0. The third kappa shape index (κ3) is 2.30. The van der Waals surface area contributed by atoms with Gasteiger partial charge >= 0.3 is 5.51 Å². The summed E-state index contributed by atoms with van der Waals surface area (Å²) in [5.41, 5.74) is -7.30. The van der Waals surface area contributed by atoms with Gasteiger partial charge in [-0.25, -0.2) is 17.2 Å². The normalized spacial score (nSPS) is 21.4. The fourth-order valence-electron chi connectivity index (χ4n) is 2.25. The zero-order valence-electron chi connectivity index (χ0n) is 10.2. The summed E-state index contributed by atoms with van der Waals surface area (Å²) >= 11 is 0. The van der Waals surface area contributed by atoms with Crippen molar-refractivity contribution >= 4 is 9.84 Å². The first-order valence-electron chi connectivity index (χ1n) is 5.56. The van der Waals surface area contributed by atoms with Crippen molar-refractivity contribution in [1.82, 2.24) is 0 Å². The number of fused-ring (bicyclic) bond motifs is 1. The average molecular weight is 332 g/mol. The predicted octanol–water partition coefficient (Wildman–Crippen LogP) is 1.70. The minimum atomic E-state index is -5.88. The molecule has 0 spiro atoms. The zero-order chi connectivity index (χ0) is 16.2. The lowest BCUT2D eigenvalue weighted by molar-refractivity contribution is -0.0978. The first kappa shape index (κ1) is 16.1. The van der Waals surface area contributed by atoms with Crippen LogP contribution in [0.15, 0.2) is 17.0 Å². The van der Waals surface area contributed by atoms with Gasteiger partial charge in [-0.3, -0.25) is 0 Å². The summed E-state index contributed by atoms with van der Waals surface area (Å²) in [7, 11) is -5.88. The van der Waals surface area contributed by atoms with Crippen LogP contribution in [0.4, 0.5) is 22.0 Å². The molecule has 2 N–H and O–H groups in total. The summed E-state index contributed by atoms with van der Waals surface area (Å²) in [6, 6.07) is 1.30. The van der Waals surface area contributed by atoms with Crippen molar-refractivity contribution in [2.45, 2.75) is 35.5 Å². The SMILES string of the molecule is O=S(=O)(c1ccc(CO)c2c1[C@H](O)C(F)(F)C2)C(F)(F)F. The Bertz CT molecular complexity index is 681. The maximum Gasteiger partial charge on any atom is 0.501 e. The Kier molecular flexibility index (Phi) is 3.54. The number of alkyl halides is 5. The van der Waals surface area contributed by atoms with Crippen molar-refractivity contribution in [1.29, 1.82) is 0 Å². The third-order valence-corrected chi connectivity index (χ3v) is 4.81. The van der Waals surface area contributed by atoms with E-state index in [0.29, 0.717) is 6.07 Å². The maximum absolute atomic E-state index is 13.5. The van der Waals surface area contributed by atoms with Gasteiger partial charge < -0.3 is 10.2 Å². The van der Waals surface area contributed by atoms with E-state index in [1.165, 1.54) is 0 Å². The van der Waals surface area contributed by atoms with Crippen LogP contribution in [0, 0.1) is 0 Å². The van der Waals surface area contributed by atoms with Gasteiger partial charge in [0.15, 0.2) is 0 Å². The van der Waals surface area contributed by atoms with Gasteiger partial charge in [-0.15, -0.1) is 0 Å². The Labute approximate surface area is 115 Å². The van der Waals surface area contributed by atoms with Crippen LogP contribution in [0.3, 0.4) is 0 Å². The monoisotopic (exact) mass is 332 g/mol. The van der Waals surface area contributed by atoms with Gasteiger partial charge in [0, 0.05) is 12.0 Å². The Morgan fingerprint density at radius 1 is 1.29 bits per heavy atom. The lowest BCUT2D eigenvalue weighted by atomic mass is 10.0. The second-order valence-corrected chi connectivity index (χ2v) is 6.47. The fourth-order valence-corrected chi connectivity index (χ4v) is 3.27.